The van der Waals surface area contributed by atoms with Crippen molar-refractivity contribution in [2.75, 3.05) is 17.7 Å². The molecule has 1 saturated carbocycles. The van der Waals surface area contributed by atoms with Crippen LogP contribution in [0.15, 0.2) is 46.7 Å². The first-order valence-electron chi connectivity index (χ1n) is 18.4. The smallest absolute Gasteiger partial charge is 0.224 e. The lowest BCUT2D eigenvalue weighted by atomic mass is 9.90. The molecule has 7 nitrogen and oxygen atoms in total. The molecule has 1 amide bonds. The summed E-state index contributed by atoms with van der Waals surface area (Å²) in [5.41, 5.74) is 7.55. The standard InChI is InChI=1S/C21H30N2O.C20H33N3O/c1-7-15(4)21(19(9-3)13-22-16(5)8-2)11-20-10-18(14-24)12-23-17(20)6;1-4-16(17-11-12-17)9-7-5-6-8-10-20(24)23-18-13-19(21-3)15(2)22-14-18/h9-16H,7-8H2,1-6H3;13-14,16-17,21H,4-12H2,1-3H3,(H,23,24)/b19-9+,21-11+,22-13?;. The SMILES string of the molecule is C/C=C(C=NC(C)CC)/C(=C/c1cc(C=O)cnc1C)C(C)CC.CCC(CCCCCCC(=O)Nc1cnc(C)c(NC)c1)C1CC1. The molecule has 2 N–H and O–H groups in total. The van der Waals surface area contributed by atoms with E-state index in [0.717, 1.165) is 77.7 Å². The first-order valence-corrected chi connectivity index (χ1v) is 18.4. The maximum atomic E-state index is 12.0. The Morgan fingerprint density at radius 3 is 2.29 bits per heavy atom. The van der Waals surface area contributed by atoms with Gasteiger partial charge >= 0.3 is 0 Å². The highest BCUT2D eigenvalue weighted by Gasteiger charge is 2.29. The van der Waals surface area contributed by atoms with Crippen LogP contribution in [0.5, 0.6) is 0 Å². The summed E-state index contributed by atoms with van der Waals surface area (Å²) in [6.45, 7) is 17.0. The average Bonchev–Trinajstić information content (AvgIpc) is 3.94. The zero-order valence-corrected chi connectivity index (χ0v) is 31.4. The van der Waals surface area contributed by atoms with E-state index in [1.54, 1.807) is 12.4 Å². The van der Waals surface area contributed by atoms with E-state index in [4.69, 9.17) is 0 Å². The minimum absolute atomic E-state index is 0.0899. The van der Waals surface area contributed by atoms with Crippen molar-refractivity contribution in [1.29, 1.82) is 0 Å². The zero-order valence-electron chi connectivity index (χ0n) is 31.4. The summed E-state index contributed by atoms with van der Waals surface area (Å²) >= 11 is 0. The van der Waals surface area contributed by atoms with Crippen molar-refractivity contribution in [2.24, 2.45) is 22.7 Å². The maximum absolute atomic E-state index is 12.0. The molecule has 3 unspecified atom stereocenters. The summed E-state index contributed by atoms with van der Waals surface area (Å²) in [6.07, 6.45) is 23.4. The van der Waals surface area contributed by atoms with Gasteiger partial charge in [0.05, 0.1) is 23.3 Å². The van der Waals surface area contributed by atoms with Gasteiger partial charge in [-0.15, -0.1) is 0 Å². The second-order valence-corrected chi connectivity index (χ2v) is 13.4. The number of aromatic nitrogens is 2. The number of aryl methyl sites for hydroxylation is 2. The molecule has 7 heteroatoms. The first kappa shape index (κ1) is 40.6. The molecule has 0 saturated heterocycles. The number of carbonyl (C=O) groups excluding carboxylic acids is 2. The lowest BCUT2D eigenvalue weighted by Crippen LogP contribution is -2.12. The number of allylic oxidation sites excluding steroid dienone is 3. The van der Waals surface area contributed by atoms with Crippen LogP contribution in [0.4, 0.5) is 11.4 Å². The monoisotopic (exact) mass is 657 g/mol. The number of anilines is 2. The zero-order chi connectivity index (χ0) is 35.5. The van der Waals surface area contributed by atoms with E-state index in [1.165, 1.54) is 44.1 Å². The molecule has 0 bridgehead atoms. The highest BCUT2D eigenvalue weighted by molar-refractivity contribution is 5.91. The molecule has 48 heavy (non-hydrogen) atoms. The molecule has 0 aliphatic heterocycles. The van der Waals surface area contributed by atoms with Gasteiger partial charge in [-0.25, -0.2) is 0 Å². The predicted octanol–water partition coefficient (Wildman–Crippen LogP) is 10.6. The van der Waals surface area contributed by atoms with Crippen molar-refractivity contribution < 1.29 is 9.59 Å². The first-order chi connectivity index (χ1) is 23.1. The molecule has 1 aliphatic carbocycles. The predicted molar refractivity (Wildman–Crippen MR) is 205 cm³/mol. The Labute approximate surface area is 291 Å². The molecule has 2 aromatic rings. The summed E-state index contributed by atoms with van der Waals surface area (Å²) in [5.74, 6) is 2.49. The Kier molecular flexibility index (Phi) is 18.7. The van der Waals surface area contributed by atoms with Crippen molar-refractivity contribution in [3.8, 4) is 0 Å². The van der Waals surface area contributed by atoms with Crippen molar-refractivity contribution in [3.63, 3.8) is 0 Å². The van der Waals surface area contributed by atoms with Crippen LogP contribution in [-0.4, -0.2) is 41.5 Å². The molecule has 2 heterocycles. The third-order valence-corrected chi connectivity index (χ3v) is 9.62. The molecule has 1 fully saturated rings. The molecule has 0 radical (unpaired) electrons. The summed E-state index contributed by atoms with van der Waals surface area (Å²) in [6, 6.07) is 4.15. The lowest BCUT2D eigenvalue weighted by Gasteiger charge is -2.16. The molecular weight excluding hydrogens is 594 g/mol. The van der Waals surface area contributed by atoms with Gasteiger partial charge in [0.25, 0.3) is 0 Å². The van der Waals surface area contributed by atoms with Gasteiger partial charge in [0.2, 0.25) is 5.91 Å². The Balaban J connectivity index is 0.000000333. The number of aldehydes is 1. The maximum Gasteiger partial charge on any atom is 0.224 e. The van der Waals surface area contributed by atoms with Crippen LogP contribution in [0.3, 0.4) is 0 Å². The highest BCUT2D eigenvalue weighted by Crippen LogP contribution is 2.41. The van der Waals surface area contributed by atoms with E-state index < -0.39 is 0 Å². The van der Waals surface area contributed by atoms with E-state index >= 15 is 0 Å². The van der Waals surface area contributed by atoms with Crippen LogP contribution in [0, 0.1) is 31.6 Å². The van der Waals surface area contributed by atoms with Gasteiger partial charge < -0.3 is 10.6 Å². The quantitative estimate of drug-likeness (QED) is 0.0678. The molecule has 1 aliphatic rings. The molecular formula is C41H63N5O2. The average molecular weight is 658 g/mol. The minimum Gasteiger partial charge on any atom is -0.387 e. The van der Waals surface area contributed by atoms with Crippen LogP contribution in [0.2, 0.25) is 0 Å². The van der Waals surface area contributed by atoms with Crippen LogP contribution in [0.25, 0.3) is 6.08 Å². The lowest BCUT2D eigenvalue weighted by molar-refractivity contribution is -0.116. The van der Waals surface area contributed by atoms with Gasteiger partial charge in [-0.05, 0) is 112 Å². The summed E-state index contributed by atoms with van der Waals surface area (Å²) < 4.78 is 0. The highest BCUT2D eigenvalue weighted by atomic mass is 16.1. The molecule has 0 spiro atoms. The molecule has 3 atom stereocenters. The number of rotatable bonds is 19. The molecule has 3 rings (SSSR count). The minimum atomic E-state index is 0.0899. The third kappa shape index (κ3) is 14.2. The van der Waals surface area contributed by atoms with Crippen LogP contribution in [0.1, 0.15) is 139 Å². The Hall–Kier alpha value is -3.61. The van der Waals surface area contributed by atoms with E-state index in [2.05, 4.69) is 72.4 Å². The number of hydrogen-bond donors (Lipinski definition) is 2. The Bertz CT molecular complexity index is 1370. The van der Waals surface area contributed by atoms with Gasteiger partial charge in [-0.3, -0.25) is 24.5 Å². The fraction of sp³-hybridized carbons (Fsp3) is 0.585. The molecule has 2 aromatic heterocycles. The number of nitrogens with zero attached hydrogens (tertiary/aromatic N) is 3. The number of pyridine rings is 2. The van der Waals surface area contributed by atoms with Crippen molar-refractivity contribution >= 4 is 35.9 Å². The van der Waals surface area contributed by atoms with Gasteiger partial charge in [0.1, 0.15) is 0 Å². The van der Waals surface area contributed by atoms with Crippen molar-refractivity contribution in [1.82, 2.24) is 9.97 Å². The van der Waals surface area contributed by atoms with Gasteiger partial charge in [-0.2, -0.15) is 0 Å². The number of hydrogen-bond acceptors (Lipinski definition) is 6. The van der Waals surface area contributed by atoms with Crippen molar-refractivity contribution in [2.45, 2.75) is 132 Å². The van der Waals surface area contributed by atoms with Crippen molar-refractivity contribution in [3.05, 3.63) is 64.3 Å². The number of nitrogens with one attached hydrogen (secondary N) is 2. The van der Waals surface area contributed by atoms with Gasteiger partial charge in [-0.1, -0.05) is 65.9 Å². The molecule has 264 valence electrons. The van der Waals surface area contributed by atoms with E-state index in [-0.39, 0.29) is 5.91 Å². The van der Waals surface area contributed by atoms with Crippen LogP contribution in [-0.2, 0) is 4.79 Å². The van der Waals surface area contributed by atoms with E-state index in [0.29, 0.717) is 23.9 Å². The van der Waals surface area contributed by atoms with Crippen LogP contribution >= 0.6 is 0 Å². The topological polar surface area (TPSA) is 96.3 Å². The number of amides is 1. The Morgan fingerprint density at radius 2 is 1.69 bits per heavy atom. The second kappa shape index (κ2) is 22.1. The fourth-order valence-electron chi connectivity index (χ4n) is 5.77. The van der Waals surface area contributed by atoms with E-state index in [1.807, 2.05) is 46.2 Å². The summed E-state index contributed by atoms with van der Waals surface area (Å²) in [4.78, 5) is 36.3. The third-order valence-electron chi connectivity index (χ3n) is 9.62. The van der Waals surface area contributed by atoms with Crippen LogP contribution < -0.4 is 10.6 Å². The number of carbonyl (C=O) groups is 2. The summed E-state index contributed by atoms with van der Waals surface area (Å²) in [7, 11) is 1.86. The number of unbranched alkanes of at least 4 members (excludes halogenated alkanes) is 3. The summed E-state index contributed by atoms with van der Waals surface area (Å²) in [5, 5.41) is 6.03. The largest absolute Gasteiger partial charge is 0.387 e. The normalized spacial score (nSPS) is 15.4. The number of aliphatic imine (C=N–C) groups is 1. The Morgan fingerprint density at radius 1 is 0.979 bits per heavy atom. The molecule has 0 aromatic carbocycles. The fourth-order valence-corrected chi connectivity index (χ4v) is 5.77. The van der Waals surface area contributed by atoms with E-state index in [9.17, 15) is 9.59 Å². The van der Waals surface area contributed by atoms with Gasteiger partial charge in [0, 0.05) is 43.2 Å². The second-order valence-electron chi connectivity index (χ2n) is 13.4. The van der Waals surface area contributed by atoms with Gasteiger partial charge in [0.15, 0.2) is 6.29 Å².